The van der Waals surface area contributed by atoms with Crippen molar-refractivity contribution in [2.75, 3.05) is 32.7 Å². The Bertz CT molecular complexity index is 672. The molecule has 0 aliphatic carbocycles. The van der Waals surface area contributed by atoms with Gasteiger partial charge in [0.25, 0.3) is 5.91 Å². The van der Waals surface area contributed by atoms with E-state index in [4.69, 9.17) is 4.42 Å². The van der Waals surface area contributed by atoms with E-state index in [9.17, 15) is 9.18 Å². The molecule has 112 valence electrons. The molecule has 21 heavy (non-hydrogen) atoms. The summed E-state index contributed by atoms with van der Waals surface area (Å²) in [5.74, 6) is -0.302. The van der Waals surface area contributed by atoms with Crippen molar-refractivity contribution in [3.63, 3.8) is 0 Å². The molecule has 2 aromatic rings. The molecular formula is C16H19FN2O2. The second-order valence-corrected chi connectivity index (χ2v) is 5.40. The molecule has 0 unspecified atom stereocenters. The summed E-state index contributed by atoms with van der Waals surface area (Å²) in [5.41, 5.74) is 0.887. The van der Waals surface area contributed by atoms with Crippen LogP contribution in [-0.2, 0) is 0 Å². The third-order valence-electron chi connectivity index (χ3n) is 4.22. The number of para-hydroxylation sites is 1. The molecule has 4 nitrogen and oxygen atoms in total. The first-order chi connectivity index (χ1) is 10.1. The van der Waals surface area contributed by atoms with E-state index in [1.165, 1.54) is 6.07 Å². The fourth-order valence-corrected chi connectivity index (χ4v) is 2.82. The number of aryl methyl sites for hydroxylation is 1. The Morgan fingerprint density at radius 3 is 2.62 bits per heavy atom. The maximum absolute atomic E-state index is 13.8. The highest BCUT2D eigenvalue weighted by Crippen LogP contribution is 2.28. The predicted octanol–water partition coefficient (Wildman–Crippen LogP) is 2.66. The van der Waals surface area contributed by atoms with Crippen LogP contribution in [0.1, 0.15) is 23.0 Å². The fraction of sp³-hybridized carbons (Fsp3) is 0.438. The third kappa shape index (κ3) is 2.42. The second-order valence-electron chi connectivity index (χ2n) is 5.40. The number of nitrogens with zero attached hydrogens (tertiary/aromatic N) is 2. The molecule has 3 rings (SSSR count). The van der Waals surface area contributed by atoms with Crippen LogP contribution < -0.4 is 0 Å². The van der Waals surface area contributed by atoms with E-state index >= 15 is 0 Å². The quantitative estimate of drug-likeness (QED) is 0.853. The number of halogens is 1. The van der Waals surface area contributed by atoms with Crippen molar-refractivity contribution in [3.8, 4) is 0 Å². The Morgan fingerprint density at radius 1 is 1.29 bits per heavy atom. The van der Waals surface area contributed by atoms with E-state index in [2.05, 4.69) is 11.8 Å². The Morgan fingerprint density at radius 2 is 2.00 bits per heavy atom. The lowest BCUT2D eigenvalue weighted by atomic mass is 10.1. The van der Waals surface area contributed by atoms with Gasteiger partial charge in [-0.1, -0.05) is 19.1 Å². The molecule has 2 heterocycles. The molecule has 0 radical (unpaired) electrons. The first kappa shape index (κ1) is 14.1. The first-order valence-electron chi connectivity index (χ1n) is 7.31. The summed E-state index contributed by atoms with van der Waals surface area (Å²) in [6.45, 7) is 8.03. The highest BCUT2D eigenvalue weighted by atomic mass is 19.1. The molecule has 1 aromatic carbocycles. The van der Waals surface area contributed by atoms with Crippen LogP contribution in [0, 0.1) is 12.7 Å². The number of hydrogen-bond donors (Lipinski definition) is 0. The fourth-order valence-electron chi connectivity index (χ4n) is 2.82. The van der Waals surface area contributed by atoms with Crippen LogP contribution in [0.4, 0.5) is 4.39 Å². The minimum atomic E-state index is -0.426. The maximum Gasteiger partial charge on any atom is 0.289 e. The SMILES string of the molecule is CCN1CCN(C(=O)c2oc3c(F)cccc3c2C)CC1. The average molecular weight is 290 g/mol. The van der Waals surface area contributed by atoms with Gasteiger partial charge in [0.2, 0.25) is 0 Å². The summed E-state index contributed by atoms with van der Waals surface area (Å²) in [6, 6.07) is 4.76. The summed E-state index contributed by atoms with van der Waals surface area (Å²) < 4.78 is 19.3. The normalized spacial score (nSPS) is 16.6. The molecule has 1 fully saturated rings. The van der Waals surface area contributed by atoms with Crippen molar-refractivity contribution in [1.82, 2.24) is 9.80 Å². The zero-order valence-electron chi connectivity index (χ0n) is 12.4. The van der Waals surface area contributed by atoms with Gasteiger partial charge in [-0.3, -0.25) is 4.79 Å². The van der Waals surface area contributed by atoms with Gasteiger partial charge in [0, 0.05) is 37.1 Å². The molecule has 0 N–H and O–H groups in total. The van der Waals surface area contributed by atoms with Crippen LogP contribution in [0.3, 0.4) is 0 Å². The Labute approximate surface area is 123 Å². The number of likely N-dealkylation sites (N-methyl/N-ethyl adjacent to an activating group) is 1. The molecule has 5 heteroatoms. The van der Waals surface area contributed by atoms with E-state index in [-0.39, 0.29) is 17.3 Å². The van der Waals surface area contributed by atoms with Gasteiger partial charge < -0.3 is 14.2 Å². The number of carbonyl (C=O) groups is 1. The van der Waals surface area contributed by atoms with Gasteiger partial charge in [0.1, 0.15) is 0 Å². The van der Waals surface area contributed by atoms with Crippen molar-refractivity contribution in [1.29, 1.82) is 0 Å². The van der Waals surface area contributed by atoms with Crippen LogP contribution in [0.5, 0.6) is 0 Å². The summed E-state index contributed by atoms with van der Waals surface area (Å²) in [6.07, 6.45) is 0. The van der Waals surface area contributed by atoms with Crippen molar-refractivity contribution in [2.45, 2.75) is 13.8 Å². The standard InChI is InChI=1S/C16H19FN2O2/c1-3-18-7-9-19(10-8-18)16(20)14-11(2)12-5-4-6-13(17)15(12)21-14/h4-6H,3,7-10H2,1-2H3. The molecule has 1 saturated heterocycles. The number of amides is 1. The Balaban J connectivity index is 1.89. The smallest absolute Gasteiger partial charge is 0.289 e. The number of piperazine rings is 1. The molecule has 0 atom stereocenters. The molecular weight excluding hydrogens is 271 g/mol. The van der Waals surface area contributed by atoms with E-state index in [1.54, 1.807) is 24.0 Å². The molecule has 1 amide bonds. The van der Waals surface area contributed by atoms with Crippen LogP contribution in [0.15, 0.2) is 22.6 Å². The van der Waals surface area contributed by atoms with Crippen LogP contribution >= 0.6 is 0 Å². The predicted molar refractivity (Wildman–Crippen MR) is 78.9 cm³/mol. The molecule has 1 aliphatic heterocycles. The van der Waals surface area contributed by atoms with Gasteiger partial charge in [-0.25, -0.2) is 4.39 Å². The summed E-state index contributed by atoms with van der Waals surface area (Å²) >= 11 is 0. The number of rotatable bonds is 2. The van der Waals surface area contributed by atoms with Crippen molar-refractivity contribution >= 4 is 16.9 Å². The first-order valence-corrected chi connectivity index (χ1v) is 7.31. The summed E-state index contributed by atoms with van der Waals surface area (Å²) in [5, 5.41) is 0.672. The zero-order valence-corrected chi connectivity index (χ0v) is 12.4. The lowest BCUT2D eigenvalue weighted by molar-refractivity contribution is 0.0613. The van der Waals surface area contributed by atoms with Crippen LogP contribution in [0.25, 0.3) is 11.0 Å². The van der Waals surface area contributed by atoms with Gasteiger partial charge in [-0.15, -0.1) is 0 Å². The largest absolute Gasteiger partial charge is 0.448 e. The number of hydrogen-bond acceptors (Lipinski definition) is 3. The third-order valence-corrected chi connectivity index (χ3v) is 4.22. The highest BCUT2D eigenvalue weighted by Gasteiger charge is 2.26. The van der Waals surface area contributed by atoms with E-state index < -0.39 is 5.82 Å². The molecule has 0 spiro atoms. The van der Waals surface area contributed by atoms with Gasteiger partial charge in [0.15, 0.2) is 17.2 Å². The van der Waals surface area contributed by atoms with Crippen molar-refractivity contribution in [3.05, 3.63) is 35.3 Å². The molecule has 0 bridgehead atoms. The van der Waals surface area contributed by atoms with Crippen LogP contribution in [0.2, 0.25) is 0 Å². The Hall–Kier alpha value is -1.88. The monoisotopic (exact) mass is 290 g/mol. The number of benzene rings is 1. The second kappa shape index (κ2) is 5.48. The van der Waals surface area contributed by atoms with Gasteiger partial charge >= 0.3 is 0 Å². The Kier molecular flexibility index (Phi) is 3.68. The molecule has 1 aromatic heterocycles. The average Bonchev–Trinajstić information content (AvgIpc) is 2.85. The minimum absolute atomic E-state index is 0.140. The molecule has 0 saturated carbocycles. The number of carbonyl (C=O) groups excluding carboxylic acids is 1. The van der Waals surface area contributed by atoms with Gasteiger partial charge in [-0.05, 0) is 19.5 Å². The van der Waals surface area contributed by atoms with E-state index in [0.717, 1.165) is 19.6 Å². The minimum Gasteiger partial charge on any atom is -0.448 e. The zero-order chi connectivity index (χ0) is 15.0. The summed E-state index contributed by atoms with van der Waals surface area (Å²) in [4.78, 5) is 16.7. The number of fused-ring (bicyclic) bond motifs is 1. The molecule has 1 aliphatic rings. The van der Waals surface area contributed by atoms with Gasteiger partial charge in [0.05, 0.1) is 0 Å². The lowest BCUT2D eigenvalue weighted by Gasteiger charge is -2.33. The van der Waals surface area contributed by atoms with E-state index in [0.29, 0.717) is 24.0 Å². The van der Waals surface area contributed by atoms with Crippen molar-refractivity contribution < 1.29 is 13.6 Å². The van der Waals surface area contributed by atoms with Crippen molar-refractivity contribution in [2.24, 2.45) is 0 Å². The number of furan rings is 1. The van der Waals surface area contributed by atoms with E-state index in [1.807, 2.05) is 0 Å². The highest BCUT2D eigenvalue weighted by molar-refractivity contribution is 5.99. The van der Waals surface area contributed by atoms with Gasteiger partial charge in [-0.2, -0.15) is 0 Å². The lowest BCUT2D eigenvalue weighted by Crippen LogP contribution is -2.48. The van der Waals surface area contributed by atoms with Crippen LogP contribution in [-0.4, -0.2) is 48.4 Å². The summed E-state index contributed by atoms with van der Waals surface area (Å²) in [7, 11) is 0. The topological polar surface area (TPSA) is 36.7 Å². The maximum atomic E-state index is 13.8.